The fourth-order valence-electron chi connectivity index (χ4n) is 2.99. The average Bonchev–Trinajstić information content (AvgIpc) is 3.05. The largest absolute Gasteiger partial charge is 0.478 e. The minimum absolute atomic E-state index is 0.119. The van der Waals surface area contributed by atoms with Crippen molar-refractivity contribution in [3.05, 3.63) is 64.0 Å². The standard InChI is InChI=1S/C21H20N2O5S/c1-4-15(20(27)28-3)23-16-10-9-14(19(25)26)11-17(16)29-21(23)22-18(24)13-7-5-12(2)6-8-13/h5-11,15H,4H2,1-3H3,(H,25,26). The number of aromatic carboxylic acids is 1. The number of benzene rings is 2. The van der Waals surface area contributed by atoms with Crippen molar-refractivity contribution in [1.29, 1.82) is 0 Å². The number of carbonyl (C=O) groups is 3. The number of methoxy groups -OCH3 is 1. The molecule has 1 unspecified atom stereocenters. The Morgan fingerprint density at radius 1 is 1.14 bits per heavy atom. The molecule has 0 fully saturated rings. The summed E-state index contributed by atoms with van der Waals surface area (Å²) in [4.78, 5) is 40.9. The van der Waals surface area contributed by atoms with Crippen LogP contribution in [-0.2, 0) is 9.53 Å². The summed E-state index contributed by atoms with van der Waals surface area (Å²) in [5, 5.41) is 9.26. The number of nitrogens with zero attached hydrogens (tertiary/aromatic N) is 2. The maximum Gasteiger partial charge on any atom is 0.335 e. The zero-order chi connectivity index (χ0) is 21.1. The maximum atomic E-state index is 12.7. The summed E-state index contributed by atoms with van der Waals surface area (Å²) in [6.07, 6.45) is 0.422. The van der Waals surface area contributed by atoms with Gasteiger partial charge < -0.3 is 14.4 Å². The fraction of sp³-hybridized carbons (Fsp3) is 0.238. The number of carboxylic acid groups (broad SMARTS) is 1. The molecule has 3 rings (SSSR count). The van der Waals surface area contributed by atoms with E-state index in [0.717, 1.165) is 16.9 Å². The summed E-state index contributed by atoms with van der Waals surface area (Å²) in [7, 11) is 1.30. The molecule has 0 saturated heterocycles. The lowest BCUT2D eigenvalue weighted by molar-refractivity contribution is -0.144. The van der Waals surface area contributed by atoms with Gasteiger partial charge in [-0.1, -0.05) is 36.0 Å². The normalized spacial score (nSPS) is 12.7. The summed E-state index contributed by atoms with van der Waals surface area (Å²) in [5.74, 6) is -1.96. The first-order valence-corrected chi connectivity index (χ1v) is 9.79. The minimum Gasteiger partial charge on any atom is -0.478 e. The molecule has 0 aliphatic rings. The molecule has 29 heavy (non-hydrogen) atoms. The first-order valence-electron chi connectivity index (χ1n) is 8.97. The quantitative estimate of drug-likeness (QED) is 0.646. The van der Waals surface area contributed by atoms with E-state index in [-0.39, 0.29) is 5.56 Å². The van der Waals surface area contributed by atoms with E-state index < -0.39 is 23.9 Å². The molecule has 0 radical (unpaired) electrons. The van der Waals surface area contributed by atoms with Crippen LogP contribution in [0.3, 0.4) is 0 Å². The third-order valence-corrected chi connectivity index (χ3v) is 5.56. The molecule has 0 spiro atoms. The van der Waals surface area contributed by atoms with Crippen LogP contribution >= 0.6 is 11.3 Å². The second-order valence-corrected chi connectivity index (χ2v) is 7.48. The van der Waals surface area contributed by atoms with Crippen LogP contribution in [0, 0.1) is 6.92 Å². The molecule has 7 nitrogen and oxygen atoms in total. The zero-order valence-electron chi connectivity index (χ0n) is 16.2. The first kappa shape index (κ1) is 20.5. The number of carboxylic acids is 1. The van der Waals surface area contributed by atoms with E-state index in [0.29, 0.717) is 27.0 Å². The van der Waals surface area contributed by atoms with Gasteiger partial charge >= 0.3 is 11.9 Å². The van der Waals surface area contributed by atoms with Crippen LogP contribution in [0.1, 0.15) is 45.7 Å². The van der Waals surface area contributed by atoms with Crippen molar-refractivity contribution >= 4 is 39.4 Å². The molecule has 1 aromatic heterocycles. The van der Waals surface area contributed by atoms with Gasteiger partial charge in [-0.05, 0) is 43.7 Å². The van der Waals surface area contributed by atoms with Crippen LogP contribution < -0.4 is 4.80 Å². The zero-order valence-corrected chi connectivity index (χ0v) is 17.0. The van der Waals surface area contributed by atoms with Gasteiger partial charge in [-0.2, -0.15) is 4.99 Å². The third-order valence-electron chi connectivity index (χ3n) is 4.54. The molecule has 0 bridgehead atoms. The number of aryl methyl sites for hydroxylation is 1. The molecule has 2 aromatic carbocycles. The average molecular weight is 412 g/mol. The van der Waals surface area contributed by atoms with Gasteiger partial charge in [0.05, 0.1) is 22.9 Å². The molecule has 1 atom stereocenters. The van der Waals surface area contributed by atoms with Crippen molar-refractivity contribution < 1.29 is 24.2 Å². The van der Waals surface area contributed by atoms with Crippen molar-refractivity contribution in [1.82, 2.24) is 4.57 Å². The molecular weight excluding hydrogens is 392 g/mol. The van der Waals surface area contributed by atoms with Crippen molar-refractivity contribution in [3.63, 3.8) is 0 Å². The van der Waals surface area contributed by atoms with Crippen LogP contribution in [0.25, 0.3) is 10.2 Å². The van der Waals surface area contributed by atoms with Crippen molar-refractivity contribution in [2.45, 2.75) is 26.3 Å². The highest BCUT2D eigenvalue weighted by molar-refractivity contribution is 7.16. The highest BCUT2D eigenvalue weighted by atomic mass is 32.1. The molecule has 150 valence electrons. The number of esters is 1. The lowest BCUT2D eigenvalue weighted by Gasteiger charge is -2.15. The molecule has 1 amide bonds. The SMILES string of the molecule is CCC(C(=O)OC)n1c(=NC(=O)c2ccc(C)cc2)sc2cc(C(=O)O)ccc21. The second kappa shape index (κ2) is 8.40. The predicted octanol–water partition coefficient (Wildman–Crippen LogP) is 3.57. The Morgan fingerprint density at radius 2 is 1.79 bits per heavy atom. The van der Waals surface area contributed by atoms with Crippen LogP contribution in [0.4, 0.5) is 0 Å². The number of aromatic nitrogens is 1. The Morgan fingerprint density at radius 3 is 2.38 bits per heavy atom. The number of rotatable bonds is 5. The number of amides is 1. The summed E-state index contributed by atoms with van der Waals surface area (Å²) in [5.41, 5.74) is 2.19. The lowest BCUT2D eigenvalue weighted by Crippen LogP contribution is -2.28. The fourth-order valence-corrected chi connectivity index (χ4v) is 4.10. The Kier molecular flexibility index (Phi) is 5.93. The van der Waals surface area contributed by atoms with E-state index in [2.05, 4.69) is 4.99 Å². The highest BCUT2D eigenvalue weighted by Crippen LogP contribution is 2.25. The van der Waals surface area contributed by atoms with Gasteiger partial charge in [0.1, 0.15) is 6.04 Å². The van der Waals surface area contributed by atoms with Crippen LogP contribution in [0.15, 0.2) is 47.5 Å². The monoisotopic (exact) mass is 412 g/mol. The lowest BCUT2D eigenvalue weighted by atomic mass is 10.1. The Balaban J connectivity index is 2.24. The molecular formula is C21H20N2O5S. The number of thiazole rings is 1. The van der Waals surface area contributed by atoms with Crippen LogP contribution in [-0.4, -0.2) is 34.6 Å². The predicted molar refractivity (Wildman–Crippen MR) is 109 cm³/mol. The van der Waals surface area contributed by atoms with Crippen molar-refractivity contribution in [2.75, 3.05) is 7.11 Å². The summed E-state index contributed by atoms with van der Waals surface area (Å²) >= 11 is 1.16. The number of carbonyl (C=O) groups excluding carboxylic acids is 2. The van der Waals surface area contributed by atoms with Gasteiger partial charge in [0.25, 0.3) is 5.91 Å². The van der Waals surface area contributed by atoms with Gasteiger partial charge in [-0.25, -0.2) is 9.59 Å². The van der Waals surface area contributed by atoms with E-state index in [4.69, 9.17) is 4.74 Å². The van der Waals surface area contributed by atoms with Gasteiger partial charge in [0.15, 0.2) is 4.80 Å². The van der Waals surface area contributed by atoms with Gasteiger partial charge in [-0.3, -0.25) is 4.79 Å². The van der Waals surface area contributed by atoms with E-state index in [9.17, 15) is 19.5 Å². The smallest absolute Gasteiger partial charge is 0.335 e. The molecule has 1 N–H and O–H groups in total. The number of ether oxygens (including phenoxy) is 1. The topological polar surface area (TPSA) is 98.0 Å². The molecule has 8 heteroatoms. The van der Waals surface area contributed by atoms with Crippen LogP contribution in [0.5, 0.6) is 0 Å². The molecule has 0 saturated carbocycles. The van der Waals surface area contributed by atoms with Crippen molar-refractivity contribution in [2.24, 2.45) is 4.99 Å². The van der Waals surface area contributed by atoms with Crippen LogP contribution in [0.2, 0.25) is 0 Å². The van der Waals surface area contributed by atoms with E-state index in [1.807, 2.05) is 26.0 Å². The molecule has 0 aliphatic heterocycles. The molecule has 3 aromatic rings. The highest BCUT2D eigenvalue weighted by Gasteiger charge is 2.24. The maximum absolute atomic E-state index is 12.7. The Bertz CT molecular complexity index is 1160. The summed E-state index contributed by atoms with van der Waals surface area (Å²) in [6.45, 7) is 3.75. The summed E-state index contributed by atoms with van der Waals surface area (Å²) in [6, 6.07) is 10.9. The number of hydrogen-bond acceptors (Lipinski definition) is 5. The Hall–Kier alpha value is -3.26. The second-order valence-electron chi connectivity index (χ2n) is 6.47. The first-order chi connectivity index (χ1) is 13.8. The molecule has 1 heterocycles. The minimum atomic E-state index is -1.05. The van der Waals surface area contributed by atoms with Crippen molar-refractivity contribution in [3.8, 4) is 0 Å². The number of hydrogen-bond donors (Lipinski definition) is 1. The van der Waals surface area contributed by atoms with Gasteiger partial charge in [-0.15, -0.1) is 0 Å². The third kappa shape index (κ3) is 4.12. The van der Waals surface area contributed by atoms with E-state index >= 15 is 0 Å². The van der Waals surface area contributed by atoms with Gasteiger partial charge in [0, 0.05) is 5.56 Å². The van der Waals surface area contributed by atoms with Gasteiger partial charge in [0.2, 0.25) is 0 Å². The Labute approximate surface area is 170 Å². The molecule has 0 aliphatic carbocycles. The van der Waals surface area contributed by atoms with E-state index in [1.54, 1.807) is 22.8 Å². The summed E-state index contributed by atoms with van der Waals surface area (Å²) < 4.78 is 7.18. The number of fused-ring (bicyclic) bond motifs is 1. The van der Waals surface area contributed by atoms with E-state index in [1.165, 1.54) is 19.2 Å².